The van der Waals surface area contributed by atoms with Crippen LogP contribution in [-0.2, 0) is 4.74 Å². The summed E-state index contributed by atoms with van der Waals surface area (Å²) in [7, 11) is 3.25. The van der Waals surface area contributed by atoms with E-state index in [1.54, 1.807) is 14.2 Å². The van der Waals surface area contributed by atoms with Gasteiger partial charge in [0.05, 0.1) is 13.7 Å². The van der Waals surface area contributed by atoms with Crippen LogP contribution in [0.4, 0.5) is 0 Å². The minimum absolute atomic E-state index is 0.435. The number of para-hydroxylation sites is 1. The second-order valence-corrected chi connectivity index (χ2v) is 4.96. The second kappa shape index (κ2) is 7.77. The van der Waals surface area contributed by atoms with Crippen molar-refractivity contribution in [1.29, 1.82) is 0 Å². The second-order valence-electron chi connectivity index (χ2n) is 4.55. The van der Waals surface area contributed by atoms with E-state index in [2.05, 4.69) is 15.8 Å². The van der Waals surface area contributed by atoms with Crippen molar-refractivity contribution >= 4 is 34.0 Å². The molecule has 22 heavy (non-hydrogen) atoms. The van der Waals surface area contributed by atoms with Crippen molar-refractivity contribution in [3.8, 4) is 5.75 Å². The number of fused-ring (bicyclic) bond motifs is 1. The summed E-state index contributed by atoms with van der Waals surface area (Å²) in [6.07, 6.45) is 0. The van der Waals surface area contributed by atoms with Crippen LogP contribution in [0.2, 0.25) is 0 Å². The number of rotatable bonds is 6. The Hall–Kier alpha value is -2.12. The van der Waals surface area contributed by atoms with Crippen LogP contribution in [0.5, 0.6) is 5.75 Å². The number of methoxy groups -OCH3 is 2. The fourth-order valence-electron chi connectivity index (χ4n) is 1.87. The zero-order valence-corrected chi connectivity index (χ0v) is 13.6. The molecule has 6 nitrogen and oxygen atoms in total. The number of hydrogen-bond acceptors (Lipinski definition) is 5. The minimum atomic E-state index is 0.435. The van der Waals surface area contributed by atoms with Crippen LogP contribution in [-0.4, -0.2) is 38.2 Å². The fourth-order valence-corrected chi connectivity index (χ4v) is 2.02. The highest BCUT2D eigenvalue weighted by Crippen LogP contribution is 2.28. The standard InChI is InChI=1S/C15H19N3O3S/c1-10(17-18-15(22)16-7-8-19-2)13-9-11-5-4-6-12(20-3)14(11)21-13/h4-6,9H,7-8H2,1-3H3,(H2,16,18,22)/b17-10-. The number of furan rings is 1. The fraction of sp³-hybridized carbons (Fsp3) is 0.333. The molecule has 1 aromatic carbocycles. The van der Waals surface area contributed by atoms with Gasteiger partial charge in [-0.1, -0.05) is 12.1 Å². The zero-order valence-electron chi connectivity index (χ0n) is 12.8. The van der Waals surface area contributed by atoms with Crippen LogP contribution in [0.15, 0.2) is 33.8 Å². The number of thiocarbonyl (C=S) groups is 1. The lowest BCUT2D eigenvalue weighted by Crippen LogP contribution is -2.34. The van der Waals surface area contributed by atoms with E-state index in [0.29, 0.717) is 41.1 Å². The topological polar surface area (TPSA) is 68.0 Å². The SMILES string of the molecule is COCCNC(=S)N/N=C(/C)c1cc2cccc(OC)c2o1. The van der Waals surface area contributed by atoms with Crippen molar-refractivity contribution in [2.45, 2.75) is 6.92 Å². The molecule has 0 saturated carbocycles. The highest BCUT2D eigenvalue weighted by molar-refractivity contribution is 7.80. The smallest absolute Gasteiger partial charge is 0.187 e. The molecule has 0 unspecified atom stereocenters. The molecule has 2 aromatic rings. The van der Waals surface area contributed by atoms with E-state index in [1.165, 1.54) is 0 Å². The summed E-state index contributed by atoms with van der Waals surface area (Å²) in [6.45, 7) is 3.04. The zero-order chi connectivity index (χ0) is 15.9. The van der Waals surface area contributed by atoms with E-state index in [1.807, 2.05) is 31.2 Å². The van der Waals surface area contributed by atoms with Crippen molar-refractivity contribution in [2.24, 2.45) is 5.10 Å². The first-order chi connectivity index (χ1) is 10.7. The molecule has 0 saturated heterocycles. The Morgan fingerprint density at radius 1 is 1.36 bits per heavy atom. The lowest BCUT2D eigenvalue weighted by atomic mass is 10.2. The molecule has 0 amide bonds. The lowest BCUT2D eigenvalue weighted by Gasteiger charge is -2.06. The number of hydrogen-bond donors (Lipinski definition) is 2. The molecule has 118 valence electrons. The maximum atomic E-state index is 5.80. The van der Waals surface area contributed by atoms with Crippen LogP contribution in [0, 0.1) is 0 Å². The van der Waals surface area contributed by atoms with Crippen molar-refractivity contribution in [3.63, 3.8) is 0 Å². The number of nitrogens with zero attached hydrogens (tertiary/aromatic N) is 1. The van der Waals surface area contributed by atoms with Gasteiger partial charge in [0.25, 0.3) is 0 Å². The Balaban J connectivity index is 2.07. The third-order valence-corrected chi connectivity index (χ3v) is 3.24. The summed E-state index contributed by atoms with van der Waals surface area (Å²) < 4.78 is 16.0. The Labute approximate surface area is 134 Å². The van der Waals surface area contributed by atoms with Crippen LogP contribution in [0.3, 0.4) is 0 Å². The molecule has 0 aliphatic heterocycles. The largest absolute Gasteiger partial charge is 0.493 e. The van der Waals surface area contributed by atoms with Crippen LogP contribution < -0.4 is 15.5 Å². The third kappa shape index (κ3) is 3.96. The van der Waals surface area contributed by atoms with E-state index >= 15 is 0 Å². The molecule has 0 aliphatic carbocycles. The van der Waals surface area contributed by atoms with E-state index in [0.717, 1.165) is 5.39 Å². The lowest BCUT2D eigenvalue weighted by molar-refractivity contribution is 0.204. The first-order valence-electron chi connectivity index (χ1n) is 6.79. The van der Waals surface area contributed by atoms with Gasteiger partial charge in [-0.05, 0) is 31.3 Å². The highest BCUT2D eigenvalue weighted by atomic mass is 32.1. The Bertz CT molecular complexity index is 682. The Kier molecular flexibility index (Phi) is 5.74. The van der Waals surface area contributed by atoms with Gasteiger partial charge in [0.2, 0.25) is 0 Å². The van der Waals surface area contributed by atoms with Gasteiger partial charge in [-0.15, -0.1) is 0 Å². The van der Waals surface area contributed by atoms with Crippen LogP contribution >= 0.6 is 12.2 Å². The summed E-state index contributed by atoms with van der Waals surface area (Å²) in [4.78, 5) is 0. The van der Waals surface area contributed by atoms with Crippen molar-refractivity contribution < 1.29 is 13.9 Å². The molecule has 0 radical (unpaired) electrons. The summed E-state index contributed by atoms with van der Waals surface area (Å²) in [6, 6.07) is 7.65. The van der Waals surface area contributed by atoms with Crippen LogP contribution in [0.25, 0.3) is 11.0 Å². The molecule has 2 rings (SSSR count). The van der Waals surface area contributed by atoms with Crippen LogP contribution in [0.1, 0.15) is 12.7 Å². The third-order valence-electron chi connectivity index (χ3n) is 3.00. The van der Waals surface area contributed by atoms with Gasteiger partial charge in [-0.25, -0.2) is 0 Å². The molecule has 0 atom stereocenters. The minimum Gasteiger partial charge on any atom is -0.493 e. The molecule has 1 aromatic heterocycles. The predicted octanol–water partition coefficient (Wildman–Crippen LogP) is 2.28. The van der Waals surface area contributed by atoms with Crippen molar-refractivity contribution in [1.82, 2.24) is 10.7 Å². The molecule has 0 bridgehead atoms. The number of hydrazone groups is 1. The van der Waals surface area contributed by atoms with E-state index in [-0.39, 0.29) is 0 Å². The molecule has 1 heterocycles. The number of benzene rings is 1. The average Bonchev–Trinajstić information content (AvgIpc) is 2.97. The summed E-state index contributed by atoms with van der Waals surface area (Å²) in [5.41, 5.74) is 4.17. The number of ether oxygens (including phenoxy) is 2. The first-order valence-corrected chi connectivity index (χ1v) is 7.20. The Morgan fingerprint density at radius 2 is 2.18 bits per heavy atom. The van der Waals surface area contributed by atoms with Gasteiger partial charge in [0.1, 0.15) is 5.71 Å². The quantitative estimate of drug-likeness (QED) is 0.368. The van der Waals surface area contributed by atoms with Gasteiger partial charge in [-0.2, -0.15) is 5.10 Å². The normalized spacial score (nSPS) is 11.5. The maximum absolute atomic E-state index is 5.80. The summed E-state index contributed by atoms with van der Waals surface area (Å²) in [5, 5.41) is 8.58. The molecule has 0 fully saturated rings. The molecular formula is C15H19N3O3S. The molecule has 0 spiro atoms. The highest BCUT2D eigenvalue weighted by Gasteiger charge is 2.10. The summed E-state index contributed by atoms with van der Waals surface area (Å²) >= 11 is 5.10. The monoisotopic (exact) mass is 321 g/mol. The summed E-state index contributed by atoms with van der Waals surface area (Å²) in [5.74, 6) is 1.35. The average molecular weight is 321 g/mol. The number of nitrogens with one attached hydrogen (secondary N) is 2. The van der Waals surface area contributed by atoms with E-state index < -0.39 is 0 Å². The van der Waals surface area contributed by atoms with Gasteiger partial charge < -0.3 is 19.2 Å². The van der Waals surface area contributed by atoms with Crippen molar-refractivity contribution in [2.75, 3.05) is 27.4 Å². The molecule has 0 aliphatic rings. The van der Waals surface area contributed by atoms with Gasteiger partial charge in [0.15, 0.2) is 22.2 Å². The first kappa shape index (κ1) is 16.3. The van der Waals surface area contributed by atoms with Crippen molar-refractivity contribution in [3.05, 3.63) is 30.0 Å². The predicted molar refractivity (Wildman–Crippen MR) is 90.6 cm³/mol. The molecule has 2 N–H and O–H groups in total. The van der Waals surface area contributed by atoms with Gasteiger partial charge >= 0.3 is 0 Å². The molecular weight excluding hydrogens is 302 g/mol. The van der Waals surface area contributed by atoms with Gasteiger partial charge in [-0.3, -0.25) is 5.43 Å². The van der Waals surface area contributed by atoms with E-state index in [9.17, 15) is 0 Å². The molecule has 7 heteroatoms. The van der Waals surface area contributed by atoms with E-state index in [4.69, 9.17) is 26.1 Å². The maximum Gasteiger partial charge on any atom is 0.187 e. The Morgan fingerprint density at radius 3 is 2.91 bits per heavy atom. The van der Waals surface area contributed by atoms with Gasteiger partial charge in [0, 0.05) is 19.0 Å².